The summed E-state index contributed by atoms with van der Waals surface area (Å²) in [6.07, 6.45) is -0.908. The van der Waals surface area contributed by atoms with Crippen LogP contribution in [0.3, 0.4) is 0 Å². The van der Waals surface area contributed by atoms with Crippen LogP contribution >= 0.6 is 0 Å². The first kappa shape index (κ1) is 19.5. The summed E-state index contributed by atoms with van der Waals surface area (Å²) >= 11 is 0. The fourth-order valence-electron chi connectivity index (χ4n) is 2.24. The lowest BCUT2D eigenvalue weighted by molar-refractivity contribution is -0.155. The van der Waals surface area contributed by atoms with Crippen molar-refractivity contribution in [3.8, 4) is 5.75 Å². The van der Waals surface area contributed by atoms with Crippen LogP contribution < -0.4 is 10.1 Å². The summed E-state index contributed by atoms with van der Waals surface area (Å²) in [7, 11) is 0. The Hall–Kier alpha value is -2.82. The number of carbonyl (C=O) groups is 2. The van der Waals surface area contributed by atoms with Gasteiger partial charge in [-0.3, -0.25) is 4.79 Å². The summed E-state index contributed by atoms with van der Waals surface area (Å²) in [5.74, 6) is -0.406. The average Bonchev–Trinajstić information content (AvgIpc) is 2.60. The highest BCUT2D eigenvalue weighted by atomic mass is 16.6. The van der Waals surface area contributed by atoms with E-state index >= 15 is 0 Å². The number of hydrogen-bond donors (Lipinski definition) is 1. The van der Waals surface area contributed by atoms with Crippen molar-refractivity contribution < 1.29 is 19.1 Å². The first-order valence-corrected chi connectivity index (χ1v) is 8.54. The van der Waals surface area contributed by atoms with Crippen molar-refractivity contribution in [3.05, 3.63) is 60.2 Å². The van der Waals surface area contributed by atoms with E-state index in [4.69, 9.17) is 9.47 Å². The van der Waals surface area contributed by atoms with Crippen LogP contribution in [0.5, 0.6) is 5.75 Å². The molecule has 0 saturated carbocycles. The molecular formula is C21H25NO4. The van der Waals surface area contributed by atoms with Gasteiger partial charge in [0.1, 0.15) is 5.75 Å². The minimum atomic E-state index is -0.908. The van der Waals surface area contributed by atoms with Gasteiger partial charge >= 0.3 is 5.97 Å². The Balaban J connectivity index is 1.80. The van der Waals surface area contributed by atoms with Crippen molar-refractivity contribution in [3.63, 3.8) is 0 Å². The summed E-state index contributed by atoms with van der Waals surface area (Å²) in [5.41, 5.74) is 1.88. The maximum atomic E-state index is 12.0. The van der Waals surface area contributed by atoms with Crippen LogP contribution in [0.25, 0.3) is 0 Å². The Kier molecular flexibility index (Phi) is 6.39. The van der Waals surface area contributed by atoms with Gasteiger partial charge in [0.15, 0.2) is 12.7 Å². The highest BCUT2D eigenvalue weighted by Crippen LogP contribution is 2.24. The van der Waals surface area contributed by atoms with Crippen LogP contribution in [0.1, 0.15) is 33.3 Å². The third-order valence-corrected chi connectivity index (χ3v) is 3.80. The van der Waals surface area contributed by atoms with Crippen LogP contribution in [0.15, 0.2) is 54.6 Å². The predicted molar refractivity (Wildman–Crippen MR) is 101 cm³/mol. The first-order chi connectivity index (χ1) is 12.3. The highest BCUT2D eigenvalue weighted by molar-refractivity contribution is 5.95. The molecule has 26 heavy (non-hydrogen) atoms. The summed E-state index contributed by atoms with van der Waals surface area (Å²) in [6, 6.07) is 16.6. The minimum Gasteiger partial charge on any atom is -0.482 e. The highest BCUT2D eigenvalue weighted by Gasteiger charge is 2.18. The summed E-state index contributed by atoms with van der Waals surface area (Å²) < 4.78 is 10.5. The third kappa shape index (κ3) is 5.92. The quantitative estimate of drug-likeness (QED) is 0.797. The van der Waals surface area contributed by atoms with Crippen LogP contribution in [-0.2, 0) is 19.7 Å². The van der Waals surface area contributed by atoms with Gasteiger partial charge in [0, 0.05) is 5.69 Å². The lowest BCUT2D eigenvalue weighted by Crippen LogP contribution is -2.31. The zero-order chi connectivity index (χ0) is 19.2. The SMILES string of the molecule is C[C@@H](OC(=O)COc1ccc(C(C)(C)C)cc1)C(=O)Nc1ccccc1. The van der Waals surface area contributed by atoms with E-state index in [9.17, 15) is 9.59 Å². The number of esters is 1. The van der Waals surface area contributed by atoms with E-state index in [0.717, 1.165) is 0 Å². The Morgan fingerprint density at radius 1 is 1.00 bits per heavy atom. The predicted octanol–water partition coefficient (Wildman–Crippen LogP) is 3.93. The topological polar surface area (TPSA) is 64.6 Å². The number of nitrogens with one attached hydrogen (secondary N) is 1. The molecule has 0 fully saturated rings. The molecular weight excluding hydrogens is 330 g/mol. The molecule has 0 radical (unpaired) electrons. The van der Waals surface area contributed by atoms with Gasteiger partial charge in [-0.15, -0.1) is 0 Å². The molecule has 1 atom stereocenters. The molecule has 5 nitrogen and oxygen atoms in total. The fourth-order valence-corrected chi connectivity index (χ4v) is 2.24. The molecule has 1 amide bonds. The molecule has 0 unspecified atom stereocenters. The van der Waals surface area contributed by atoms with Gasteiger partial charge in [-0.05, 0) is 42.2 Å². The molecule has 138 valence electrons. The second-order valence-corrected chi connectivity index (χ2v) is 7.05. The molecule has 0 saturated heterocycles. The number of hydrogen-bond acceptors (Lipinski definition) is 4. The Bertz CT molecular complexity index is 733. The molecule has 0 aliphatic carbocycles. The average molecular weight is 355 g/mol. The zero-order valence-electron chi connectivity index (χ0n) is 15.6. The monoisotopic (exact) mass is 355 g/mol. The number of para-hydroxylation sites is 1. The van der Waals surface area contributed by atoms with E-state index in [1.165, 1.54) is 12.5 Å². The number of anilines is 1. The number of amides is 1. The molecule has 0 aromatic heterocycles. The maximum Gasteiger partial charge on any atom is 0.344 e. The summed E-state index contributed by atoms with van der Waals surface area (Å²) in [6.45, 7) is 7.65. The van der Waals surface area contributed by atoms with Gasteiger partial charge in [0.25, 0.3) is 5.91 Å². The second kappa shape index (κ2) is 8.52. The zero-order valence-corrected chi connectivity index (χ0v) is 15.6. The van der Waals surface area contributed by atoms with E-state index in [-0.39, 0.29) is 17.9 Å². The van der Waals surface area contributed by atoms with E-state index < -0.39 is 12.1 Å². The largest absolute Gasteiger partial charge is 0.482 e. The Morgan fingerprint density at radius 2 is 1.62 bits per heavy atom. The van der Waals surface area contributed by atoms with Crippen molar-refractivity contribution in [1.29, 1.82) is 0 Å². The molecule has 2 rings (SSSR count). The normalized spacial score (nSPS) is 12.2. The van der Waals surface area contributed by atoms with Crippen LogP contribution in [-0.4, -0.2) is 24.6 Å². The lowest BCUT2D eigenvalue weighted by atomic mass is 9.87. The summed E-state index contributed by atoms with van der Waals surface area (Å²) in [4.78, 5) is 23.9. The first-order valence-electron chi connectivity index (χ1n) is 8.54. The van der Waals surface area contributed by atoms with Crippen molar-refractivity contribution in [2.45, 2.75) is 39.2 Å². The third-order valence-electron chi connectivity index (χ3n) is 3.80. The van der Waals surface area contributed by atoms with Crippen LogP contribution in [0, 0.1) is 0 Å². The van der Waals surface area contributed by atoms with Gasteiger partial charge in [-0.25, -0.2) is 4.79 Å². The second-order valence-electron chi connectivity index (χ2n) is 7.05. The Labute approximate surface area is 154 Å². The van der Waals surface area contributed by atoms with Gasteiger partial charge in [-0.2, -0.15) is 0 Å². The molecule has 2 aromatic rings. The maximum absolute atomic E-state index is 12.0. The van der Waals surface area contributed by atoms with Gasteiger partial charge in [0.05, 0.1) is 0 Å². The summed E-state index contributed by atoms with van der Waals surface area (Å²) in [5, 5.41) is 2.68. The molecule has 0 bridgehead atoms. The molecule has 0 aliphatic rings. The van der Waals surface area contributed by atoms with Gasteiger partial charge in [0.2, 0.25) is 0 Å². The van der Waals surface area contributed by atoms with E-state index in [1.54, 1.807) is 12.1 Å². The van der Waals surface area contributed by atoms with E-state index in [0.29, 0.717) is 11.4 Å². The van der Waals surface area contributed by atoms with E-state index in [2.05, 4.69) is 26.1 Å². The molecule has 0 heterocycles. The minimum absolute atomic E-state index is 0.0546. The Morgan fingerprint density at radius 3 is 2.19 bits per heavy atom. The van der Waals surface area contributed by atoms with Crippen molar-refractivity contribution >= 4 is 17.6 Å². The van der Waals surface area contributed by atoms with Crippen LogP contribution in [0.2, 0.25) is 0 Å². The smallest absolute Gasteiger partial charge is 0.344 e. The van der Waals surface area contributed by atoms with Crippen molar-refractivity contribution in [2.75, 3.05) is 11.9 Å². The van der Waals surface area contributed by atoms with Crippen molar-refractivity contribution in [2.24, 2.45) is 0 Å². The molecule has 5 heteroatoms. The standard InChI is InChI=1S/C21H25NO4/c1-15(20(24)22-17-8-6-5-7-9-17)26-19(23)14-25-18-12-10-16(11-13-18)21(2,3)4/h5-13,15H,14H2,1-4H3,(H,22,24)/t15-/m1/s1. The fraction of sp³-hybridized carbons (Fsp3) is 0.333. The lowest BCUT2D eigenvalue weighted by Gasteiger charge is -2.19. The molecule has 1 N–H and O–H groups in total. The number of ether oxygens (including phenoxy) is 2. The van der Waals surface area contributed by atoms with Crippen molar-refractivity contribution in [1.82, 2.24) is 0 Å². The van der Waals surface area contributed by atoms with Gasteiger partial charge < -0.3 is 14.8 Å². The number of benzene rings is 2. The van der Waals surface area contributed by atoms with E-state index in [1.807, 2.05) is 42.5 Å². The van der Waals surface area contributed by atoms with Gasteiger partial charge in [-0.1, -0.05) is 51.1 Å². The number of rotatable bonds is 6. The molecule has 0 spiro atoms. The number of carbonyl (C=O) groups excluding carboxylic acids is 2. The van der Waals surface area contributed by atoms with Crippen LogP contribution in [0.4, 0.5) is 5.69 Å². The molecule has 2 aromatic carbocycles. The molecule has 0 aliphatic heterocycles.